The number of nitrogens with zero attached hydrogens (tertiary/aromatic N) is 3. The van der Waals surface area contributed by atoms with Crippen LogP contribution < -0.4 is 10.7 Å². The minimum atomic E-state index is -1.17. The van der Waals surface area contributed by atoms with E-state index in [0.717, 1.165) is 0 Å². The summed E-state index contributed by atoms with van der Waals surface area (Å²) < 4.78 is 1.29. The van der Waals surface area contributed by atoms with Crippen molar-refractivity contribution in [2.75, 3.05) is 6.54 Å². The van der Waals surface area contributed by atoms with E-state index >= 15 is 0 Å². The number of amides is 1. The molecule has 2 aromatic heterocycles. The van der Waals surface area contributed by atoms with Crippen LogP contribution in [0.1, 0.15) is 20.8 Å². The molecule has 2 aromatic rings. The van der Waals surface area contributed by atoms with E-state index in [1.807, 2.05) is 0 Å². The monoisotopic (exact) mass is 277 g/mol. The van der Waals surface area contributed by atoms with Crippen LogP contribution in [0.25, 0.3) is 0 Å². The number of aromatic nitrogens is 4. The second-order valence-corrected chi connectivity index (χ2v) is 3.85. The highest BCUT2D eigenvalue weighted by Crippen LogP contribution is 1.92. The van der Waals surface area contributed by atoms with Gasteiger partial charge >= 0.3 is 5.97 Å². The lowest BCUT2D eigenvalue weighted by atomic mass is 10.2. The van der Waals surface area contributed by atoms with Crippen molar-refractivity contribution in [1.82, 2.24) is 25.3 Å². The predicted octanol–water partition coefficient (Wildman–Crippen LogP) is -0.905. The largest absolute Gasteiger partial charge is 0.476 e. The molecular formula is C11H11N5O4. The Bertz CT molecular complexity index is 690. The molecule has 0 fully saturated rings. The number of carbonyl (C=O) groups excluding carboxylic acids is 1. The van der Waals surface area contributed by atoms with Crippen LogP contribution in [0.5, 0.6) is 0 Å². The number of carbonyl (C=O) groups is 2. The first-order chi connectivity index (χ1) is 9.58. The van der Waals surface area contributed by atoms with Crippen molar-refractivity contribution in [3.63, 3.8) is 0 Å². The van der Waals surface area contributed by atoms with Crippen molar-refractivity contribution in [2.45, 2.75) is 6.54 Å². The average molecular weight is 277 g/mol. The van der Waals surface area contributed by atoms with Gasteiger partial charge in [-0.1, -0.05) is 5.21 Å². The van der Waals surface area contributed by atoms with E-state index in [9.17, 15) is 14.4 Å². The minimum Gasteiger partial charge on any atom is -0.476 e. The van der Waals surface area contributed by atoms with E-state index in [1.165, 1.54) is 29.3 Å². The molecule has 9 nitrogen and oxygen atoms in total. The van der Waals surface area contributed by atoms with Gasteiger partial charge in [0.2, 0.25) is 0 Å². The van der Waals surface area contributed by atoms with Crippen molar-refractivity contribution in [3.05, 3.63) is 46.1 Å². The number of hydrogen-bond donors (Lipinski definition) is 3. The van der Waals surface area contributed by atoms with Gasteiger partial charge in [-0.05, 0) is 0 Å². The number of pyridine rings is 1. The Morgan fingerprint density at radius 1 is 1.45 bits per heavy atom. The zero-order chi connectivity index (χ0) is 14.5. The van der Waals surface area contributed by atoms with Gasteiger partial charge in [-0.3, -0.25) is 9.59 Å². The maximum atomic E-state index is 11.7. The molecule has 0 spiro atoms. The van der Waals surface area contributed by atoms with Crippen LogP contribution in [0, 0.1) is 0 Å². The highest BCUT2D eigenvalue weighted by molar-refractivity contribution is 5.93. The summed E-state index contributed by atoms with van der Waals surface area (Å²) in [6.07, 6.45) is 4.00. The normalized spacial score (nSPS) is 10.2. The number of rotatable bonds is 5. The quantitative estimate of drug-likeness (QED) is 0.649. The molecule has 0 aliphatic rings. The fourth-order valence-electron chi connectivity index (χ4n) is 1.48. The third-order valence-corrected chi connectivity index (χ3v) is 2.45. The molecule has 20 heavy (non-hydrogen) atoms. The van der Waals surface area contributed by atoms with Gasteiger partial charge in [0.25, 0.3) is 5.91 Å². The molecule has 0 unspecified atom stereocenters. The molecule has 104 valence electrons. The first kappa shape index (κ1) is 13.5. The number of nitrogens with one attached hydrogen (secondary N) is 2. The average Bonchev–Trinajstić information content (AvgIpc) is 2.88. The molecule has 2 heterocycles. The Morgan fingerprint density at radius 3 is 2.90 bits per heavy atom. The molecule has 0 saturated heterocycles. The Balaban J connectivity index is 1.89. The molecule has 0 aromatic carbocycles. The van der Waals surface area contributed by atoms with Gasteiger partial charge in [0.05, 0.1) is 12.7 Å². The van der Waals surface area contributed by atoms with Crippen LogP contribution >= 0.6 is 0 Å². The fraction of sp³-hybridized carbons (Fsp3) is 0.182. The number of hydrogen-bond acceptors (Lipinski definition) is 5. The number of aromatic amines is 1. The predicted molar refractivity (Wildman–Crippen MR) is 66.4 cm³/mol. The van der Waals surface area contributed by atoms with Gasteiger partial charge in [-0.15, -0.1) is 5.10 Å². The third kappa shape index (κ3) is 3.07. The van der Waals surface area contributed by atoms with Crippen molar-refractivity contribution in [2.24, 2.45) is 0 Å². The number of carboxylic acids is 1. The van der Waals surface area contributed by atoms with Crippen LogP contribution in [0.4, 0.5) is 0 Å². The summed E-state index contributed by atoms with van der Waals surface area (Å²) in [7, 11) is 0. The van der Waals surface area contributed by atoms with Crippen LogP contribution in [-0.2, 0) is 6.54 Å². The molecule has 0 aliphatic heterocycles. The molecule has 0 atom stereocenters. The first-order valence-electron chi connectivity index (χ1n) is 5.66. The van der Waals surface area contributed by atoms with Gasteiger partial charge in [0.1, 0.15) is 5.56 Å². The second-order valence-electron chi connectivity index (χ2n) is 3.85. The van der Waals surface area contributed by atoms with E-state index < -0.39 is 11.9 Å². The van der Waals surface area contributed by atoms with Gasteiger partial charge in [0.15, 0.2) is 11.1 Å². The maximum absolute atomic E-state index is 11.7. The highest BCUT2D eigenvalue weighted by atomic mass is 16.4. The summed E-state index contributed by atoms with van der Waals surface area (Å²) in [5, 5.41) is 18.2. The molecule has 0 bridgehead atoms. The van der Waals surface area contributed by atoms with Gasteiger partial charge in [-0.2, -0.15) is 0 Å². The summed E-state index contributed by atoms with van der Waals surface area (Å²) in [6, 6.07) is 1.26. The van der Waals surface area contributed by atoms with E-state index in [4.69, 9.17) is 5.11 Å². The third-order valence-electron chi connectivity index (χ3n) is 2.45. The van der Waals surface area contributed by atoms with Crippen molar-refractivity contribution in [3.8, 4) is 0 Å². The summed E-state index contributed by atoms with van der Waals surface area (Å²) >= 11 is 0. The van der Waals surface area contributed by atoms with Gasteiger partial charge in [0, 0.05) is 25.0 Å². The van der Waals surface area contributed by atoms with E-state index in [0.29, 0.717) is 0 Å². The first-order valence-corrected chi connectivity index (χ1v) is 5.66. The molecular weight excluding hydrogens is 266 g/mol. The summed E-state index contributed by atoms with van der Waals surface area (Å²) in [6.45, 7) is 0.437. The SMILES string of the molecule is O=C(O)c1cn(CCNC(=O)c2c[nH]ccc2=O)nn1. The number of H-pyrrole nitrogens is 1. The Labute approximate surface area is 112 Å². The van der Waals surface area contributed by atoms with E-state index in [-0.39, 0.29) is 29.8 Å². The molecule has 3 N–H and O–H groups in total. The van der Waals surface area contributed by atoms with Crippen LogP contribution in [0.3, 0.4) is 0 Å². The lowest BCUT2D eigenvalue weighted by Gasteiger charge is -2.04. The maximum Gasteiger partial charge on any atom is 0.358 e. The summed E-state index contributed by atoms with van der Waals surface area (Å²) in [4.78, 5) is 36.3. The smallest absolute Gasteiger partial charge is 0.358 e. The zero-order valence-corrected chi connectivity index (χ0v) is 10.2. The number of carboxylic acid groups (broad SMARTS) is 1. The Morgan fingerprint density at radius 2 is 2.25 bits per heavy atom. The molecule has 0 aliphatic carbocycles. The van der Waals surface area contributed by atoms with Crippen molar-refractivity contribution in [1.29, 1.82) is 0 Å². The summed E-state index contributed by atoms with van der Waals surface area (Å²) in [5.41, 5.74) is -0.539. The zero-order valence-electron chi connectivity index (χ0n) is 10.2. The Kier molecular flexibility index (Phi) is 3.89. The molecule has 9 heteroatoms. The van der Waals surface area contributed by atoms with Gasteiger partial charge in [-0.25, -0.2) is 9.48 Å². The van der Waals surface area contributed by atoms with Crippen molar-refractivity contribution < 1.29 is 14.7 Å². The Hall–Kier alpha value is -2.97. The van der Waals surface area contributed by atoms with Crippen LogP contribution in [0.15, 0.2) is 29.5 Å². The molecule has 0 radical (unpaired) electrons. The summed E-state index contributed by atoms with van der Waals surface area (Å²) in [5.74, 6) is -1.68. The highest BCUT2D eigenvalue weighted by Gasteiger charge is 2.10. The fourth-order valence-corrected chi connectivity index (χ4v) is 1.48. The van der Waals surface area contributed by atoms with Crippen LogP contribution in [0.2, 0.25) is 0 Å². The number of aromatic carboxylic acids is 1. The minimum absolute atomic E-state index is 0.0114. The topological polar surface area (TPSA) is 130 Å². The van der Waals surface area contributed by atoms with E-state index in [2.05, 4.69) is 20.6 Å². The van der Waals surface area contributed by atoms with Crippen LogP contribution in [-0.4, -0.2) is 43.5 Å². The molecule has 2 rings (SSSR count). The lowest BCUT2D eigenvalue weighted by molar-refractivity contribution is 0.0690. The van der Waals surface area contributed by atoms with Crippen molar-refractivity contribution >= 4 is 11.9 Å². The van der Waals surface area contributed by atoms with E-state index in [1.54, 1.807) is 0 Å². The standard InChI is InChI=1S/C11H11N5O4/c17-9-1-2-12-5-7(9)10(18)13-3-4-16-6-8(11(19)20)14-15-16/h1-2,5-6H,3-4H2,(H,12,17)(H,13,18)(H,19,20). The molecule has 1 amide bonds. The van der Waals surface area contributed by atoms with Gasteiger partial charge < -0.3 is 15.4 Å². The lowest BCUT2D eigenvalue weighted by Crippen LogP contribution is -2.31. The molecule has 0 saturated carbocycles. The second kappa shape index (κ2) is 5.78.